The van der Waals surface area contributed by atoms with E-state index in [-0.39, 0.29) is 24.1 Å². The fourth-order valence-corrected chi connectivity index (χ4v) is 2.91. The van der Waals surface area contributed by atoms with E-state index in [2.05, 4.69) is 4.98 Å². The lowest BCUT2D eigenvalue weighted by atomic mass is 10.0. The van der Waals surface area contributed by atoms with Crippen LogP contribution in [-0.2, 0) is 16.0 Å². The van der Waals surface area contributed by atoms with E-state index in [1.54, 1.807) is 57.7 Å². The molecule has 1 aromatic heterocycles. The molecule has 29 heavy (non-hydrogen) atoms. The Labute approximate surface area is 171 Å². The van der Waals surface area contributed by atoms with Gasteiger partial charge in [-0.15, -0.1) is 0 Å². The summed E-state index contributed by atoms with van der Waals surface area (Å²) < 4.78 is 0. The van der Waals surface area contributed by atoms with E-state index in [0.717, 1.165) is 11.1 Å². The number of phenolic OH excluding ortho intramolecular Hbond substituents is 1. The predicted octanol–water partition coefficient (Wildman–Crippen LogP) is 1.68. The number of carbonyl (C=O) groups is 2. The standard InChI is InChI=1S/C22H28N4O3/c1-16(21(28)25(2)3)26(13-5-7-18-6-4-12-24-15-18)22(29)20(23)14-17-8-10-19(27)11-9-17/h4-12,15-16,20,27H,13-14,23H2,1-3H3/b7-5+/t16-,20?/m1/s1. The molecule has 2 atom stereocenters. The minimum absolute atomic E-state index is 0.154. The van der Waals surface area contributed by atoms with Crippen LogP contribution in [0, 0.1) is 0 Å². The van der Waals surface area contributed by atoms with Gasteiger partial charge in [-0.3, -0.25) is 14.6 Å². The number of hydrogen-bond donors (Lipinski definition) is 2. The van der Waals surface area contributed by atoms with E-state index in [4.69, 9.17) is 5.73 Å². The van der Waals surface area contributed by atoms with Gasteiger partial charge < -0.3 is 20.6 Å². The first-order valence-electron chi connectivity index (χ1n) is 9.41. The molecule has 1 heterocycles. The lowest BCUT2D eigenvalue weighted by Crippen LogP contribution is -2.53. The second kappa shape index (κ2) is 10.4. The minimum atomic E-state index is -0.802. The van der Waals surface area contributed by atoms with Gasteiger partial charge in [-0.2, -0.15) is 0 Å². The number of rotatable bonds is 8. The first-order valence-corrected chi connectivity index (χ1v) is 9.41. The van der Waals surface area contributed by atoms with Crippen LogP contribution in [0.3, 0.4) is 0 Å². The zero-order chi connectivity index (χ0) is 21.4. The van der Waals surface area contributed by atoms with Gasteiger partial charge in [-0.25, -0.2) is 0 Å². The van der Waals surface area contributed by atoms with Crippen LogP contribution >= 0.6 is 0 Å². The van der Waals surface area contributed by atoms with E-state index in [9.17, 15) is 14.7 Å². The zero-order valence-electron chi connectivity index (χ0n) is 17.0. The second-order valence-corrected chi connectivity index (χ2v) is 7.07. The van der Waals surface area contributed by atoms with Crippen LogP contribution in [0.5, 0.6) is 5.75 Å². The summed E-state index contributed by atoms with van der Waals surface area (Å²) in [5.74, 6) is -0.331. The van der Waals surface area contributed by atoms with Gasteiger partial charge in [0.25, 0.3) is 0 Å². The first kappa shape index (κ1) is 22.1. The number of likely N-dealkylation sites (N-methyl/N-ethyl adjacent to an activating group) is 1. The summed E-state index contributed by atoms with van der Waals surface area (Å²) in [6.07, 6.45) is 7.39. The van der Waals surface area contributed by atoms with Crippen molar-refractivity contribution in [2.45, 2.75) is 25.4 Å². The fourth-order valence-electron chi connectivity index (χ4n) is 2.91. The molecule has 0 fully saturated rings. The molecule has 0 saturated heterocycles. The highest BCUT2D eigenvalue weighted by atomic mass is 16.3. The number of benzene rings is 1. The van der Waals surface area contributed by atoms with E-state index in [1.807, 2.05) is 24.3 Å². The molecule has 7 nitrogen and oxygen atoms in total. The Balaban J connectivity index is 2.15. The van der Waals surface area contributed by atoms with Gasteiger partial charge >= 0.3 is 0 Å². The quantitative estimate of drug-likeness (QED) is 0.707. The molecule has 0 aliphatic rings. The highest BCUT2D eigenvalue weighted by Gasteiger charge is 2.29. The minimum Gasteiger partial charge on any atom is -0.508 e. The highest BCUT2D eigenvalue weighted by Crippen LogP contribution is 2.13. The topological polar surface area (TPSA) is 99.8 Å². The van der Waals surface area contributed by atoms with Crippen molar-refractivity contribution in [3.63, 3.8) is 0 Å². The van der Waals surface area contributed by atoms with Gasteiger partial charge in [0.15, 0.2) is 0 Å². The first-order chi connectivity index (χ1) is 13.8. The monoisotopic (exact) mass is 396 g/mol. The Morgan fingerprint density at radius 3 is 2.45 bits per heavy atom. The molecule has 0 radical (unpaired) electrons. The average Bonchev–Trinajstić information content (AvgIpc) is 2.72. The summed E-state index contributed by atoms with van der Waals surface area (Å²) in [6.45, 7) is 1.95. The molecule has 1 aromatic carbocycles. The van der Waals surface area contributed by atoms with Gasteiger partial charge in [0.05, 0.1) is 6.04 Å². The SMILES string of the molecule is C[C@H](C(=O)N(C)C)N(C/C=C/c1cccnc1)C(=O)C(N)Cc1ccc(O)cc1. The van der Waals surface area contributed by atoms with Crippen LogP contribution in [0.25, 0.3) is 6.08 Å². The van der Waals surface area contributed by atoms with Crippen LogP contribution in [0.1, 0.15) is 18.1 Å². The maximum absolute atomic E-state index is 13.1. The van der Waals surface area contributed by atoms with Gasteiger partial charge in [0, 0.05) is 33.0 Å². The highest BCUT2D eigenvalue weighted by molar-refractivity contribution is 5.89. The van der Waals surface area contributed by atoms with Crippen LogP contribution < -0.4 is 5.73 Å². The van der Waals surface area contributed by atoms with E-state index in [0.29, 0.717) is 6.42 Å². The van der Waals surface area contributed by atoms with Gasteiger partial charge in [-0.1, -0.05) is 30.4 Å². The number of aromatic nitrogens is 1. The van der Waals surface area contributed by atoms with Crippen molar-refractivity contribution < 1.29 is 14.7 Å². The van der Waals surface area contributed by atoms with Gasteiger partial charge in [0.1, 0.15) is 11.8 Å². The maximum Gasteiger partial charge on any atom is 0.244 e. The molecule has 0 spiro atoms. The summed E-state index contributed by atoms with van der Waals surface area (Å²) in [4.78, 5) is 32.5. The van der Waals surface area contributed by atoms with Crippen LogP contribution in [0.2, 0.25) is 0 Å². The Kier molecular flexibility index (Phi) is 7.91. The van der Waals surface area contributed by atoms with Gasteiger partial charge in [0.2, 0.25) is 11.8 Å². The molecular weight excluding hydrogens is 368 g/mol. The number of nitrogens with zero attached hydrogens (tertiary/aromatic N) is 3. The normalized spacial score (nSPS) is 13.1. The second-order valence-electron chi connectivity index (χ2n) is 7.07. The van der Waals surface area contributed by atoms with Crippen molar-refractivity contribution in [3.05, 3.63) is 66.0 Å². The molecular formula is C22H28N4O3. The van der Waals surface area contributed by atoms with Gasteiger partial charge in [-0.05, 0) is 42.7 Å². The Morgan fingerprint density at radius 1 is 1.17 bits per heavy atom. The summed E-state index contributed by atoms with van der Waals surface area (Å²) in [5.41, 5.74) is 7.91. The third-order valence-electron chi connectivity index (χ3n) is 4.55. The lowest BCUT2D eigenvalue weighted by Gasteiger charge is -2.31. The summed E-state index contributed by atoms with van der Waals surface area (Å²) in [5, 5.41) is 9.40. The van der Waals surface area contributed by atoms with Crippen molar-refractivity contribution in [2.24, 2.45) is 5.73 Å². The average molecular weight is 396 g/mol. The molecule has 2 rings (SSSR count). The Hall–Kier alpha value is -3.19. The Bertz CT molecular complexity index is 835. The van der Waals surface area contributed by atoms with Crippen LogP contribution in [0.4, 0.5) is 0 Å². The molecule has 7 heteroatoms. The van der Waals surface area contributed by atoms with Crippen molar-refractivity contribution >= 4 is 17.9 Å². The largest absolute Gasteiger partial charge is 0.508 e. The maximum atomic E-state index is 13.1. The molecule has 2 amide bonds. The van der Waals surface area contributed by atoms with E-state index in [1.165, 1.54) is 9.80 Å². The number of hydrogen-bond acceptors (Lipinski definition) is 5. The number of pyridine rings is 1. The van der Waals surface area contributed by atoms with E-state index >= 15 is 0 Å². The Morgan fingerprint density at radius 2 is 1.86 bits per heavy atom. The fraction of sp³-hybridized carbons (Fsp3) is 0.318. The predicted molar refractivity (Wildman–Crippen MR) is 113 cm³/mol. The van der Waals surface area contributed by atoms with E-state index < -0.39 is 12.1 Å². The summed E-state index contributed by atoms with van der Waals surface area (Å²) >= 11 is 0. The molecule has 3 N–H and O–H groups in total. The number of carbonyl (C=O) groups excluding carboxylic acids is 2. The summed E-state index contributed by atoms with van der Waals surface area (Å²) in [7, 11) is 3.31. The molecule has 2 aromatic rings. The summed E-state index contributed by atoms with van der Waals surface area (Å²) in [6, 6.07) is 8.84. The van der Waals surface area contributed by atoms with Crippen LogP contribution in [-0.4, -0.2) is 64.4 Å². The molecule has 0 aliphatic heterocycles. The third kappa shape index (κ3) is 6.43. The molecule has 154 valence electrons. The van der Waals surface area contributed by atoms with Crippen molar-refractivity contribution in [3.8, 4) is 5.75 Å². The molecule has 1 unspecified atom stereocenters. The smallest absolute Gasteiger partial charge is 0.244 e. The number of phenols is 1. The van der Waals surface area contributed by atoms with Crippen molar-refractivity contribution in [1.29, 1.82) is 0 Å². The lowest BCUT2D eigenvalue weighted by molar-refractivity contribution is -0.143. The number of aromatic hydroxyl groups is 1. The number of amides is 2. The number of nitrogens with two attached hydrogens (primary N) is 1. The zero-order valence-corrected chi connectivity index (χ0v) is 17.0. The molecule has 0 bridgehead atoms. The van der Waals surface area contributed by atoms with Crippen LogP contribution in [0.15, 0.2) is 54.9 Å². The van der Waals surface area contributed by atoms with Crippen molar-refractivity contribution in [2.75, 3.05) is 20.6 Å². The van der Waals surface area contributed by atoms with Crippen molar-refractivity contribution in [1.82, 2.24) is 14.8 Å². The molecule has 0 aliphatic carbocycles. The third-order valence-corrected chi connectivity index (χ3v) is 4.55. The molecule has 0 saturated carbocycles.